The second-order valence-corrected chi connectivity index (χ2v) is 4.41. The van der Waals surface area contributed by atoms with Gasteiger partial charge in [-0.1, -0.05) is 49.8 Å². The predicted molar refractivity (Wildman–Crippen MR) is 63.5 cm³/mol. The molecule has 0 fully saturated rings. The first-order valence-electron chi connectivity index (χ1n) is 5.28. The molecule has 0 saturated heterocycles. The number of rotatable bonds is 4. The van der Waals surface area contributed by atoms with Gasteiger partial charge in [0.25, 0.3) is 0 Å². The molecule has 76 valence electrons. The van der Waals surface area contributed by atoms with Crippen molar-refractivity contribution >= 4 is 0 Å². The van der Waals surface area contributed by atoms with Gasteiger partial charge in [0.15, 0.2) is 0 Å². The number of hydrogen-bond donors (Lipinski definition) is 0. The van der Waals surface area contributed by atoms with Crippen LogP contribution >= 0.6 is 0 Å². The molecule has 0 aliphatic rings. The summed E-state index contributed by atoms with van der Waals surface area (Å²) in [6, 6.07) is 10.7. The van der Waals surface area contributed by atoms with Crippen molar-refractivity contribution in [2.75, 3.05) is 0 Å². The molecule has 0 aliphatic carbocycles. The molecule has 0 heterocycles. The zero-order valence-electron chi connectivity index (χ0n) is 9.51. The second-order valence-electron chi connectivity index (χ2n) is 4.41. The zero-order chi connectivity index (χ0) is 10.6. The first-order chi connectivity index (χ1) is 6.58. The fourth-order valence-electron chi connectivity index (χ4n) is 1.94. The Bertz CT molecular complexity index is 297. The molecule has 0 heteroatoms. The van der Waals surface area contributed by atoms with Crippen LogP contribution < -0.4 is 0 Å². The molecular weight excluding hydrogens is 168 g/mol. The van der Waals surface area contributed by atoms with Crippen LogP contribution in [0.5, 0.6) is 0 Å². The van der Waals surface area contributed by atoms with Gasteiger partial charge in [0.05, 0.1) is 0 Å². The first-order valence-corrected chi connectivity index (χ1v) is 5.28. The summed E-state index contributed by atoms with van der Waals surface area (Å²) < 4.78 is 0. The van der Waals surface area contributed by atoms with Crippen LogP contribution in [0.15, 0.2) is 42.5 Å². The summed E-state index contributed by atoms with van der Waals surface area (Å²) in [5, 5.41) is 0. The fourth-order valence-corrected chi connectivity index (χ4v) is 1.94. The van der Waals surface area contributed by atoms with Gasteiger partial charge in [-0.3, -0.25) is 0 Å². The molecule has 0 aromatic heterocycles. The Morgan fingerprint density at radius 3 is 2.29 bits per heavy atom. The van der Waals surface area contributed by atoms with Crippen LogP contribution in [0.3, 0.4) is 0 Å². The Labute approximate surface area is 87.7 Å². The van der Waals surface area contributed by atoms with Crippen molar-refractivity contribution in [3.63, 3.8) is 0 Å². The molecule has 0 aliphatic heterocycles. The van der Waals surface area contributed by atoms with Crippen LogP contribution in [-0.2, 0) is 5.41 Å². The average Bonchev–Trinajstić information content (AvgIpc) is 2.18. The first kappa shape index (κ1) is 11.0. The van der Waals surface area contributed by atoms with Gasteiger partial charge in [0.2, 0.25) is 0 Å². The molecule has 14 heavy (non-hydrogen) atoms. The molecular formula is C14H20. The Morgan fingerprint density at radius 1 is 1.29 bits per heavy atom. The van der Waals surface area contributed by atoms with E-state index in [4.69, 9.17) is 0 Å². The fraction of sp³-hybridized carbons (Fsp3) is 0.429. The average molecular weight is 188 g/mol. The van der Waals surface area contributed by atoms with Gasteiger partial charge in [0, 0.05) is 0 Å². The largest absolute Gasteiger partial charge is 0.100 e. The lowest BCUT2D eigenvalue weighted by Crippen LogP contribution is -2.20. The third-order valence-corrected chi connectivity index (χ3v) is 2.94. The van der Waals surface area contributed by atoms with Crippen LogP contribution in [0.1, 0.15) is 39.2 Å². The lowest BCUT2D eigenvalue weighted by atomic mass is 9.76. The minimum Gasteiger partial charge on any atom is -0.100 e. The van der Waals surface area contributed by atoms with Gasteiger partial charge >= 0.3 is 0 Å². The van der Waals surface area contributed by atoms with E-state index in [1.807, 2.05) is 0 Å². The van der Waals surface area contributed by atoms with Gasteiger partial charge in [-0.15, -0.1) is 6.58 Å². The SMILES string of the molecule is C=C(C)C[C@@](C)(CC)c1ccccc1. The van der Waals surface area contributed by atoms with E-state index in [1.165, 1.54) is 11.1 Å². The molecule has 0 radical (unpaired) electrons. The Morgan fingerprint density at radius 2 is 1.86 bits per heavy atom. The van der Waals surface area contributed by atoms with Gasteiger partial charge in [-0.25, -0.2) is 0 Å². The lowest BCUT2D eigenvalue weighted by molar-refractivity contribution is 0.451. The maximum atomic E-state index is 4.01. The Kier molecular flexibility index (Phi) is 3.51. The number of allylic oxidation sites excluding steroid dienone is 1. The van der Waals surface area contributed by atoms with Crippen molar-refractivity contribution in [3.8, 4) is 0 Å². The van der Waals surface area contributed by atoms with Gasteiger partial charge < -0.3 is 0 Å². The smallest absolute Gasteiger partial charge is 0.00410 e. The molecule has 0 unspecified atom stereocenters. The van der Waals surface area contributed by atoms with Crippen LogP contribution in [0.25, 0.3) is 0 Å². The normalized spacial score (nSPS) is 14.8. The minimum atomic E-state index is 0.257. The topological polar surface area (TPSA) is 0 Å². The van der Waals surface area contributed by atoms with Crippen molar-refractivity contribution in [2.24, 2.45) is 0 Å². The van der Waals surface area contributed by atoms with Gasteiger partial charge in [-0.05, 0) is 30.7 Å². The molecule has 0 N–H and O–H groups in total. The molecule has 1 atom stereocenters. The third-order valence-electron chi connectivity index (χ3n) is 2.94. The highest BCUT2D eigenvalue weighted by atomic mass is 14.3. The maximum absolute atomic E-state index is 4.01. The van der Waals surface area contributed by atoms with E-state index < -0.39 is 0 Å². The summed E-state index contributed by atoms with van der Waals surface area (Å²) in [6.07, 6.45) is 2.23. The summed E-state index contributed by atoms with van der Waals surface area (Å²) in [7, 11) is 0. The molecule has 0 amide bonds. The lowest BCUT2D eigenvalue weighted by Gasteiger charge is -2.29. The molecule has 0 saturated carbocycles. The zero-order valence-corrected chi connectivity index (χ0v) is 9.51. The van der Waals surface area contributed by atoms with E-state index in [-0.39, 0.29) is 5.41 Å². The van der Waals surface area contributed by atoms with Crippen molar-refractivity contribution in [3.05, 3.63) is 48.0 Å². The van der Waals surface area contributed by atoms with Gasteiger partial charge in [-0.2, -0.15) is 0 Å². The standard InChI is InChI=1S/C14H20/c1-5-14(4,11-12(2)3)13-9-7-6-8-10-13/h6-10H,2,5,11H2,1,3-4H3/t14-/m1/s1. The number of hydrogen-bond acceptors (Lipinski definition) is 0. The molecule has 0 spiro atoms. The molecule has 0 nitrogen and oxygen atoms in total. The van der Waals surface area contributed by atoms with Crippen LogP contribution in [0, 0.1) is 0 Å². The highest BCUT2D eigenvalue weighted by Crippen LogP contribution is 2.33. The summed E-state index contributed by atoms with van der Waals surface area (Å²) in [4.78, 5) is 0. The number of benzene rings is 1. The summed E-state index contributed by atoms with van der Waals surface area (Å²) in [6.45, 7) is 10.7. The third kappa shape index (κ3) is 2.47. The van der Waals surface area contributed by atoms with Crippen molar-refractivity contribution in [1.82, 2.24) is 0 Å². The van der Waals surface area contributed by atoms with E-state index in [0.717, 1.165) is 12.8 Å². The molecule has 0 bridgehead atoms. The van der Waals surface area contributed by atoms with Crippen LogP contribution in [0.4, 0.5) is 0 Å². The van der Waals surface area contributed by atoms with E-state index in [9.17, 15) is 0 Å². The molecule has 1 aromatic carbocycles. The van der Waals surface area contributed by atoms with E-state index in [2.05, 4.69) is 57.7 Å². The summed E-state index contributed by atoms with van der Waals surface area (Å²) in [5.74, 6) is 0. The van der Waals surface area contributed by atoms with E-state index in [0.29, 0.717) is 0 Å². The molecule has 1 rings (SSSR count). The highest BCUT2D eigenvalue weighted by molar-refractivity contribution is 5.26. The maximum Gasteiger partial charge on any atom is -0.00410 e. The molecule has 1 aromatic rings. The minimum absolute atomic E-state index is 0.257. The van der Waals surface area contributed by atoms with Crippen LogP contribution in [0.2, 0.25) is 0 Å². The highest BCUT2D eigenvalue weighted by Gasteiger charge is 2.23. The Balaban J connectivity index is 2.95. The second kappa shape index (κ2) is 4.45. The monoisotopic (exact) mass is 188 g/mol. The summed E-state index contributed by atoms with van der Waals surface area (Å²) in [5.41, 5.74) is 2.94. The van der Waals surface area contributed by atoms with Crippen molar-refractivity contribution in [1.29, 1.82) is 0 Å². The summed E-state index contributed by atoms with van der Waals surface area (Å²) >= 11 is 0. The predicted octanol–water partition coefficient (Wildman–Crippen LogP) is 4.32. The Hall–Kier alpha value is -1.04. The van der Waals surface area contributed by atoms with E-state index >= 15 is 0 Å². The van der Waals surface area contributed by atoms with Crippen molar-refractivity contribution in [2.45, 2.75) is 39.0 Å². The van der Waals surface area contributed by atoms with E-state index in [1.54, 1.807) is 0 Å². The quantitative estimate of drug-likeness (QED) is 0.617. The van der Waals surface area contributed by atoms with Gasteiger partial charge in [0.1, 0.15) is 0 Å². The van der Waals surface area contributed by atoms with Crippen molar-refractivity contribution < 1.29 is 0 Å². The van der Waals surface area contributed by atoms with Crippen LogP contribution in [-0.4, -0.2) is 0 Å².